The van der Waals surface area contributed by atoms with Gasteiger partial charge in [0.1, 0.15) is 35.7 Å². The molecule has 0 amide bonds. The Balaban J connectivity index is 1.75. The van der Waals surface area contributed by atoms with Crippen LogP contribution in [0.15, 0.2) is 70.6 Å². The maximum absolute atomic E-state index is 12.6. The van der Waals surface area contributed by atoms with Crippen LogP contribution in [0.1, 0.15) is 0 Å². The van der Waals surface area contributed by atoms with Crippen LogP contribution in [0.2, 0.25) is 0 Å². The molecule has 0 spiro atoms. The Morgan fingerprint density at radius 3 is 2.54 bits per heavy atom. The predicted octanol–water partition coefficient (Wildman–Crippen LogP) is 3.70. The minimum Gasteiger partial charge on any atom is -0.497 e. The number of hydrogen-bond donors (Lipinski definition) is 0. The Bertz CT molecular complexity index is 1030. The van der Waals surface area contributed by atoms with Crippen molar-refractivity contribution in [2.24, 2.45) is 0 Å². The number of fused-ring (bicyclic) bond motifs is 1. The maximum Gasteiger partial charge on any atom is 0.344 e. The molecule has 0 N–H and O–H groups in total. The van der Waals surface area contributed by atoms with Crippen LogP contribution in [0.5, 0.6) is 23.0 Å². The molecule has 0 saturated heterocycles. The summed E-state index contributed by atoms with van der Waals surface area (Å²) in [5.41, 5.74) is -0.0157. The van der Waals surface area contributed by atoms with Crippen LogP contribution in [-0.2, 0) is 9.53 Å². The van der Waals surface area contributed by atoms with Crippen molar-refractivity contribution in [1.82, 2.24) is 0 Å². The summed E-state index contributed by atoms with van der Waals surface area (Å²) in [6.07, 6.45) is 2.70. The summed E-state index contributed by atoms with van der Waals surface area (Å²) >= 11 is 0. The fraction of sp³-hybridized carbons (Fsp3) is 0.143. The van der Waals surface area contributed by atoms with E-state index in [4.69, 9.17) is 23.4 Å². The fourth-order valence-corrected chi connectivity index (χ4v) is 2.36. The van der Waals surface area contributed by atoms with Crippen molar-refractivity contribution >= 4 is 16.9 Å². The first-order valence-electron chi connectivity index (χ1n) is 8.37. The molecule has 3 aromatic rings. The minimum atomic E-state index is -0.523. The van der Waals surface area contributed by atoms with Gasteiger partial charge in [-0.05, 0) is 36.4 Å². The average Bonchev–Trinajstić information content (AvgIpc) is 2.73. The van der Waals surface area contributed by atoms with Crippen LogP contribution >= 0.6 is 0 Å². The molecule has 0 aliphatic carbocycles. The molecule has 7 heteroatoms. The normalized spacial score (nSPS) is 10.3. The van der Waals surface area contributed by atoms with E-state index in [-0.39, 0.29) is 24.4 Å². The number of hydrogen-bond acceptors (Lipinski definition) is 7. The van der Waals surface area contributed by atoms with Crippen LogP contribution in [0, 0.1) is 0 Å². The van der Waals surface area contributed by atoms with Crippen LogP contribution in [0.3, 0.4) is 0 Å². The number of benzene rings is 2. The first-order chi connectivity index (χ1) is 13.6. The van der Waals surface area contributed by atoms with E-state index < -0.39 is 5.97 Å². The molecule has 2 aromatic carbocycles. The second-order valence-electron chi connectivity index (χ2n) is 5.62. The molecular formula is C21H18O7. The zero-order valence-corrected chi connectivity index (χ0v) is 15.2. The lowest BCUT2D eigenvalue weighted by Gasteiger charge is -2.08. The monoisotopic (exact) mass is 382 g/mol. The molecule has 0 aliphatic rings. The van der Waals surface area contributed by atoms with Gasteiger partial charge in [0.25, 0.3) is 0 Å². The van der Waals surface area contributed by atoms with Crippen LogP contribution in [-0.4, -0.2) is 26.3 Å². The van der Waals surface area contributed by atoms with Gasteiger partial charge in [-0.1, -0.05) is 12.7 Å². The first kappa shape index (κ1) is 19.0. The average molecular weight is 382 g/mol. The summed E-state index contributed by atoms with van der Waals surface area (Å²) in [6.45, 7) is 3.31. The molecule has 1 aromatic heterocycles. The highest BCUT2D eigenvalue weighted by molar-refractivity contribution is 5.79. The van der Waals surface area contributed by atoms with Crippen molar-refractivity contribution in [2.45, 2.75) is 0 Å². The molecule has 0 bridgehead atoms. The van der Waals surface area contributed by atoms with Gasteiger partial charge in [0.15, 0.2) is 6.61 Å². The number of carbonyl (C=O) groups excluding carboxylic acids is 1. The van der Waals surface area contributed by atoms with E-state index in [1.807, 2.05) is 0 Å². The molecule has 0 aliphatic heterocycles. The van der Waals surface area contributed by atoms with Gasteiger partial charge in [-0.2, -0.15) is 0 Å². The molecule has 0 atom stereocenters. The second-order valence-corrected chi connectivity index (χ2v) is 5.62. The fourth-order valence-electron chi connectivity index (χ4n) is 2.36. The topological polar surface area (TPSA) is 84.2 Å². The van der Waals surface area contributed by atoms with Crippen LogP contribution < -0.4 is 19.6 Å². The van der Waals surface area contributed by atoms with E-state index in [1.165, 1.54) is 18.4 Å². The Morgan fingerprint density at radius 1 is 1.11 bits per heavy atom. The summed E-state index contributed by atoms with van der Waals surface area (Å²) in [7, 11) is 1.57. The predicted molar refractivity (Wildman–Crippen MR) is 102 cm³/mol. The van der Waals surface area contributed by atoms with E-state index in [9.17, 15) is 9.59 Å². The Labute approximate surface area is 160 Å². The standard InChI is InChI=1S/C21H18O7/c1-3-10-25-20(22)13-26-16-8-9-17-18(11-16)27-12-19(21(17)23)28-15-6-4-14(24-2)5-7-15/h3-9,11-12H,1,10,13H2,2H3. The van der Waals surface area contributed by atoms with Crippen molar-refractivity contribution < 1.29 is 28.2 Å². The van der Waals surface area contributed by atoms with Gasteiger partial charge in [0.2, 0.25) is 11.2 Å². The lowest BCUT2D eigenvalue weighted by atomic mass is 10.2. The van der Waals surface area contributed by atoms with Crippen molar-refractivity contribution in [3.8, 4) is 23.0 Å². The van der Waals surface area contributed by atoms with Crippen molar-refractivity contribution in [3.63, 3.8) is 0 Å². The zero-order chi connectivity index (χ0) is 19.9. The van der Waals surface area contributed by atoms with Crippen molar-refractivity contribution in [1.29, 1.82) is 0 Å². The van der Waals surface area contributed by atoms with Gasteiger partial charge in [0.05, 0.1) is 12.5 Å². The Morgan fingerprint density at radius 2 is 1.82 bits per heavy atom. The molecule has 0 unspecified atom stereocenters. The third-order valence-corrected chi connectivity index (χ3v) is 3.72. The van der Waals surface area contributed by atoms with Gasteiger partial charge in [-0.15, -0.1) is 0 Å². The minimum absolute atomic E-state index is 0.0549. The number of carbonyl (C=O) groups is 1. The van der Waals surface area contributed by atoms with Crippen molar-refractivity contribution in [2.75, 3.05) is 20.3 Å². The molecule has 0 radical (unpaired) electrons. The van der Waals surface area contributed by atoms with Gasteiger partial charge in [0, 0.05) is 6.07 Å². The third-order valence-electron chi connectivity index (χ3n) is 3.72. The molecular weight excluding hydrogens is 364 g/mol. The van der Waals surface area contributed by atoms with E-state index in [1.54, 1.807) is 43.5 Å². The largest absolute Gasteiger partial charge is 0.497 e. The number of esters is 1. The summed E-state index contributed by atoms with van der Waals surface area (Å²) in [5, 5.41) is 0.326. The number of ether oxygens (including phenoxy) is 4. The molecule has 0 saturated carbocycles. The van der Waals surface area contributed by atoms with Gasteiger partial charge >= 0.3 is 5.97 Å². The molecule has 28 heavy (non-hydrogen) atoms. The summed E-state index contributed by atoms with van der Waals surface area (Å²) in [6, 6.07) is 11.5. The second kappa shape index (κ2) is 8.77. The number of methoxy groups -OCH3 is 1. The number of rotatable bonds is 8. The molecule has 3 rings (SSSR count). The third kappa shape index (κ3) is 4.50. The van der Waals surface area contributed by atoms with E-state index >= 15 is 0 Å². The molecule has 144 valence electrons. The van der Waals surface area contributed by atoms with Gasteiger partial charge < -0.3 is 23.4 Å². The smallest absolute Gasteiger partial charge is 0.344 e. The highest BCUT2D eigenvalue weighted by Crippen LogP contribution is 2.25. The zero-order valence-electron chi connectivity index (χ0n) is 15.2. The Kier molecular flexibility index (Phi) is 5.96. The summed E-state index contributed by atoms with van der Waals surface area (Å²) < 4.78 is 26.4. The van der Waals surface area contributed by atoms with Gasteiger partial charge in [-0.3, -0.25) is 4.79 Å². The van der Waals surface area contributed by atoms with Crippen LogP contribution in [0.25, 0.3) is 11.0 Å². The van der Waals surface area contributed by atoms with E-state index in [0.717, 1.165) is 0 Å². The highest BCUT2D eigenvalue weighted by atomic mass is 16.6. The molecule has 7 nitrogen and oxygen atoms in total. The molecule has 0 fully saturated rings. The molecule has 1 heterocycles. The lowest BCUT2D eigenvalue weighted by molar-refractivity contribution is -0.144. The first-order valence-corrected chi connectivity index (χ1v) is 8.37. The highest BCUT2D eigenvalue weighted by Gasteiger charge is 2.11. The summed E-state index contributed by atoms with van der Waals surface area (Å²) in [5.74, 6) is 1.06. The SMILES string of the molecule is C=CCOC(=O)COc1ccc2c(=O)c(Oc3ccc(OC)cc3)coc2c1. The van der Waals surface area contributed by atoms with Crippen LogP contribution in [0.4, 0.5) is 0 Å². The van der Waals surface area contributed by atoms with Gasteiger partial charge in [-0.25, -0.2) is 4.79 Å². The van der Waals surface area contributed by atoms with E-state index in [0.29, 0.717) is 28.2 Å². The summed E-state index contributed by atoms with van der Waals surface area (Å²) in [4.78, 5) is 24.1. The van der Waals surface area contributed by atoms with Crippen molar-refractivity contribution in [3.05, 3.63) is 71.6 Å². The van der Waals surface area contributed by atoms with E-state index in [2.05, 4.69) is 6.58 Å². The quantitative estimate of drug-likeness (QED) is 0.434. The lowest BCUT2D eigenvalue weighted by Crippen LogP contribution is -2.14. The maximum atomic E-state index is 12.6. The Hall–Kier alpha value is -3.74.